The third-order valence-corrected chi connectivity index (χ3v) is 10.4. The molecule has 2 heterocycles. The van der Waals surface area contributed by atoms with E-state index in [4.69, 9.17) is 19.9 Å². The lowest BCUT2D eigenvalue weighted by Crippen LogP contribution is -2.45. The zero-order chi connectivity index (χ0) is 40.4. The van der Waals surface area contributed by atoms with Gasteiger partial charge in [-0.05, 0) is 92.9 Å². The smallest absolute Gasteiger partial charge is 0.323 e. The number of nitrogens with one attached hydrogen (secondary N) is 2. The molecule has 6 rings (SSSR count). The molecule has 0 aromatic heterocycles. The molecule has 0 bridgehead atoms. The average Bonchev–Trinajstić information content (AvgIpc) is 3.67. The van der Waals surface area contributed by atoms with Crippen molar-refractivity contribution in [3.63, 3.8) is 0 Å². The van der Waals surface area contributed by atoms with Gasteiger partial charge in [0, 0.05) is 37.9 Å². The SMILES string of the molecule is CC(C)(C)OC(=O)[C@@H]1CCCN1C[C@@H]1C[C@H](c2ccc(CO)cc2)O[C@H](c2ccc(-c3ccccc3CNC(=O)CCCCC(=O)Nc3ccccc3N)cc2)O1. The Morgan fingerprint density at radius 3 is 2.26 bits per heavy atom. The molecule has 2 fully saturated rings. The fraction of sp³-hybridized carbons (Fsp3) is 0.413. The lowest BCUT2D eigenvalue weighted by atomic mass is 9.97. The standard InChI is InChI=1S/C46H56N4O7/c1-46(2,3)57-44(54)40-15-10-26-50(40)29-36-27-41(33-20-18-31(30-51)19-21-33)56-45(55-36)34-24-22-32(23-25-34)37-12-5-4-11-35(37)28-48-42(52)16-8-9-17-43(53)49-39-14-7-6-13-38(39)47/h4-7,11-14,18-25,36,40-41,45,51H,8-10,15-17,26-30,47H2,1-3H3,(H,48,52)(H,49,53)/t36-,40-,41+,45+/m0/s1. The maximum absolute atomic E-state index is 13.1. The number of amides is 2. The van der Waals surface area contributed by atoms with Crippen molar-refractivity contribution in [3.8, 4) is 11.1 Å². The summed E-state index contributed by atoms with van der Waals surface area (Å²) in [4.78, 5) is 40.4. The van der Waals surface area contributed by atoms with Crippen molar-refractivity contribution in [1.82, 2.24) is 10.2 Å². The third-order valence-electron chi connectivity index (χ3n) is 10.4. The zero-order valence-electron chi connectivity index (χ0n) is 33.2. The molecule has 2 aliphatic heterocycles. The molecule has 11 nitrogen and oxygen atoms in total. The predicted molar refractivity (Wildman–Crippen MR) is 221 cm³/mol. The fourth-order valence-corrected chi connectivity index (χ4v) is 7.43. The Labute approximate surface area is 335 Å². The lowest BCUT2D eigenvalue weighted by molar-refractivity contribution is -0.253. The highest BCUT2D eigenvalue weighted by atomic mass is 16.7. The van der Waals surface area contributed by atoms with Gasteiger partial charge in [0.15, 0.2) is 6.29 Å². The molecular formula is C46H56N4O7. The number of benzene rings is 4. The number of carbonyl (C=O) groups excluding carboxylic acids is 3. The number of esters is 1. The minimum Gasteiger partial charge on any atom is -0.459 e. The van der Waals surface area contributed by atoms with Crippen LogP contribution in [0.15, 0.2) is 97.1 Å². The number of ether oxygens (including phenoxy) is 3. The van der Waals surface area contributed by atoms with Crippen LogP contribution in [0.3, 0.4) is 0 Å². The number of rotatable bonds is 15. The van der Waals surface area contributed by atoms with Crippen molar-refractivity contribution in [2.75, 3.05) is 24.1 Å². The minimum atomic E-state index is -0.639. The van der Waals surface area contributed by atoms with E-state index in [1.807, 2.05) is 106 Å². The molecule has 4 aromatic carbocycles. The number of hydrogen-bond acceptors (Lipinski definition) is 9. The molecule has 302 valence electrons. The second kappa shape index (κ2) is 19.4. The molecule has 0 aliphatic carbocycles. The van der Waals surface area contributed by atoms with Gasteiger partial charge in [-0.2, -0.15) is 0 Å². The van der Waals surface area contributed by atoms with Gasteiger partial charge in [0.2, 0.25) is 11.8 Å². The minimum absolute atomic E-state index is 0.0307. The quantitative estimate of drug-likeness (QED) is 0.0544. The van der Waals surface area contributed by atoms with E-state index in [-0.39, 0.29) is 42.6 Å². The number of aliphatic hydroxyl groups is 1. The first-order valence-corrected chi connectivity index (χ1v) is 20.0. The Morgan fingerprint density at radius 1 is 0.860 bits per heavy atom. The van der Waals surface area contributed by atoms with Gasteiger partial charge in [-0.1, -0.05) is 84.9 Å². The summed E-state index contributed by atoms with van der Waals surface area (Å²) in [5, 5.41) is 15.5. The number of carbonyl (C=O) groups is 3. The molecule has 0 saturated carbocycles. The molecule has 11 heteroatoms. The van der Waals surface area contributed by atoms with Crippen LogP contribution in [0.4, 0.5) is 11.4 Å². The van der Waals surface area contributed by atoms with Crippen molar-refractivity contribution < 1.29 is 33.7 Å². The monoisotopic (exact) mass is 776 g/mol. The number of hydrogen-bond donors (Lipinski definition) is 4. The van der Waals surface area contributed by atoms with E-state index < -0.39 is 11.9 Å². The van der Waals surface area contributed by atoms with E-state index in [1.54, 1.807) is 12.1 Å². The highest BCUT2D eigenvalue weighted by molar-refractivity contribution is 5.93. The second-order valence-electron chi connectivity index (χ2n) is 15.9. The Balaban J connectivity index is 1.07. The summed E-state index contributed by atoms with van der Waals surface area (Å²) < 4.78 is 19.0. The van der Waals surface area contributed by atoms with Crippen LogP contribution >= 0.6 is 0 Å². The molecule has 2 aliphatic rings. The van der Waals surface area contributed by atoms with Gasteiger partial charge < -0.3 is 35.7 Å². The highest BCUT2D eigenvalue weighted by Crippen LogP contribution is 2.39. The molecule has 57 heavy (non-hydrogen) atoms. The Bertz CT molecular complexity index is 1960. The third kappa shape index (κ3) is 11.7. The maximum atomic E-state index is 13.1. The van der Waals surface area contributed by atoms with E-state index in [0.717, 1.165) is 52.8 Å². The largest absolute Gasteiger partial charge is 0.459 e. The summed E-state index contributed by atoms with van der Waals surface area (Å²) in [6.45, 7) is 7.39. The van der Waals surface area contributed by atoms with Crippen LogP contribution in [0, 0.1) is 0 Å². The van der Waals surface area contributed by atoms with Crippen LogP contribution in [0.5, 0.6) is 0 Å². The van der Waals surface area contributed by atoms with Gasteiger partial charge >= 0.3 is 5.97 Å². The number of para-hydroxylation sites is 2. The molecule has 0 unspecified atom stereocenters. The summed E-state index contributed by atoms with van der Waals surface area (Å²) in [6.07, 6.45) is 3.01. The van der Waals surface area contributed by atoms with E-state index >= 15 is 0 Å². The molecule has 0 spiro atoms. The van der Waals surface area contributed by atoms with E-state index in [1.165, 1.54) is 0 Å². The van der Waals surface area contributed by atoms with Crippen LogP contribution in [-0.4, -0.2) is 58.6 Å². The number of likely N-dealkylation sites (tertiary alicyclic amines) is 1. The van der Waals surface area contributed by atoms with Gasteiger partial charge in [-0.3, -0.25) is 19.3 Å². The van der Waals surface area contributed by atoms with Gasteiger partial charge in [-0.15, -0.1) is 0 Å². The van der Waals surface area contributed by atoms with Gasteiger partial charge in [0.25, 0.3) is 0 Å². The molecule has 5 N–H and O–H groups in total. The molecule has 4 aromatic rings. The van der Waals surface area contributed by atoms with Gasteiger partial charge in [0.05, 0.1) is 30.2 Å². The lowest BCUT2D eigenvalue weighted by Gasteiger charge is -2.38. The first-order chi connectivity index (χ1) is 27.5. The summed E-state index contributed by atoms with van der Waals surface area (Å²) in [6, 6.07) is 30.8. The number of nitrogen functional groups attached to an aromatic ring is 1. The van der Waals surface area contributed by atoms with Crippen LogP contribution < -0.4 is 16.4 Å². The predicted octanol–water partition coefficient (Wildman–Crippen LogP) is 7.59. The zero-order valence-corrected chi connectivity index (χ0v) is 33.2. The number of nitrogens with zero attached hydrogens (tertiary/aromatic N) is 1. The second-order valence-corrected chi connectivity index (χ2v) is 15.9. The van der Waals surface area contributed by atoms with Crippen molar-refractivity contribution in [2.45, 2.75) is 109 Å². The van der Waals surface area contributed by atoms with Gasteiger partial charge in [-0.25, -0.2) is 0 Å². The van der Waals surface area contributed by atoms with Crippen molar-refractivity contribution in [3.05, 3.63) is 119 Å². The van der Waals surface area contributed by atoms with Crippen molar-refractivity contribution in [2.24, 2.45) is 0 Å². The number of nitrogens with two attached hydrogens (primary N) is 1. The van der Waals surface area contributed by atoms with Crippen LogP contribution in [-0.2, 0) is 41.7 Å². The molecule has 2 saturated heterocycles. The summed E-state index contributed by atoms with van der Waals surface area (Å²) in [7, 11) is 0. The van der Waals surface area contributed by atoms with Crippen molar-refractivity contribution in [1.29, 1.82) is 0 Å². The van der Waals surface area contributed by atoms with Crippen LogP contribution in [0.1, 0.15) is 100 Å². The first kappa shape index (κ1) is 41.6. The van der Waals surface area contributed by atoms with Crippen LogP contribution in [0.25, 0.3) is 11.1 Å². The Morgan fingerprint density at radius 2 is 1.54 bits per heavy atom. The number of unbranched alkanes of at least 4 members (excludes halogenated alkanes) is 1. The summed E-state index contributed by atoms with van der Waals surface area (Å²) >= 11 is 0. The Hall–Kier alpha value is -5.07. The van der Waals surface area contributed by atoms with Crippen LogP contribution in [0.2, 0.25) is 0 Å². The maximum Gasteiger partial charge on any atom is 0.323 e. The highest BCUT2D eigenvalue weighted by Gasteiger charge is 2.39. The summed E-state index contributed by atoms with van der Waals surface area (Å²) in [5.74, 6) is -0.387. The summed E-state index contributed by atoms with van der Waals surface area (Å²) in [5.41, 5.74) is 12.2. The fourth-order valence-electron chi connectivity index (χ4n) is 7.43. The molecule has 0 radical (unpaired) electrons. The first-order valence-electron chi connectivity index (χ1n) is 20.0. The van der Waals surface area contributed by atoms with E-state index in [0.29, 0.717) is 56.6 Å². The molecule has 4 atom stereocenters. The van der Waals surface area contributed by atoms with E-state index in [2.05, 4.69) is 15.5 Å². The number of aliphatic hydroxyl groups excluding tert-OH is 1. The van der Waals surface area contributed by atoms with E-state index in [9.17, 15) is 19.5 Å². The van der Waals surface area contributed by atoms with Gasteiger partial charge in [0.1, 0.15) is 11.6 Å². The topological polar surface area (TPSA) is 152 Å². The normalized spacial score (nSPS) is 19.9. The molecule has 2 amide bonds. The Kier molecular flexibility index (Phi) is 14.1. The van der Waals surface area contributed by atoms with Crippen molar-refractivity contribution >= 4 is 29.2 Å². The average molecular weight is 777 g/mol. The molecular weight excluding hydrogens is 721 g/mol. The number of anilines is 2.